The van der Waals surface area contributed by atoms with Crippen LogP contribution < -0.4 is 4.90 Å². The van der Waals surface area contributed by atoms with Crippen LogP contribution in [0.5, 0.6) is 0 Å². The lowest BCUT2D eigenvalue weighted by molar-refractivity contribution is 0.0627. The number of carbonyl (C=O) groups is 1. The average molecular weight is 409 g/mol. The van der Waals surface area contributed by atoms with Crippen molar-refractivity contribution < 1.29 is 9.53 Å². The van der Waals surface area contributed by atoms with Crippen molar-refractivity contribution in [3.63, 3.8) is 0 Å². The van der Waals surface area contributed by atoms with E-state index < -0.39 is 0 Å². The van der Waals surface area contributed by atoms with E-state index >= 15 is 0 Å². The first kappa shape index (κ1) is 20.8. The number of piperazine rings is 1. The number of amides is 1. The molecule has 160 valence electrons. The van der Waals surface area contributed by atoms with Gasteiger partial charge in [0.15, 0.2) is 0 Å². The second-order valence-corrected chi connectivity index (χ2v) is 8.44. The highest BCUT2D eigenvalue weighted by atomic mass is 16.5. The lowest BCUT2D eigenvalue weighted by Crippen LogP contribution is -2.48. The van der Waals surface area contributed by atoms with Gasteiger partial charge in [-0.3, -0.25) is 9.69 Å². The monoisotopic (exact) mass is 408 g/mol. The predicted octanol–water partition coefficient (Wildman–Crippen LogP) is 3.00. The van der Waals surface area contributed by atoms with Gasteiger partial charge in [0.25, 0.3) is 5.91 Å². The number of morpholine rings is 1. The third-order valence-electron chi connectivity index (χ3n) is 6.04. The molecule has 0 radical (unpaired) electrons. The number of benzene rings is 1. The Morgan fingerprint density at radius 3 is 2.37 bits per heavy atom. The molecule has 0 unspecified atom stereocenters. The quantitative estimate of drug-likeness (QED) is 0.761. The first-order chi connectivity index (χ1) is 14.6. The van der Waals surface area contributed by atoms with Crippen LogP contribution in [0.3, 0.4) is 0 Å². The fraction of sp³-hybridized carbons (Fsp3) is 0.500. The molecular weight excluding hydrogens is 376 g/mol. The van der Waals surface area contributed by atoms with Gasteiger partial charge in [-0.2, -0.15) is 0 Å². The van der Waals surface area contributed by atoms with Gasteiger partial charge in [0.05, 0.1) is 18.8 Å². The zero-order chi connectivity index (χ0) is 20.9. The Labute approximate surface area is 179 Å². The zero-order valence-corrected chi connectivity index (χ0v) is 18.1. The van der Waals surface area contributed by atoms with Gasteiger partial charge >= 0.3 is 0 Å². The van der Waals surface area contributed by atoms with E-state index in [1.54, 1.807) is 6.20 Å². The summed E-state index contributed by atoms with van der Waals surface area (Å²) in [5, 5.41) is 0. The molecule has 4 rings (SSSR count). The van der Waals surface area contributed by atoms with Gasteiger partial charge in [-0.15, -0.1) is 0 Å². The van der Waals surface area contributed by atoms with Crippen molar-refractivity contribution in [3.05, 3.63) is 59.3 Å². The molecule has 3 heterocycles. The molecule has 0 spiro atoms. The summed E-state index contributed by atoms with van der Waals surface area (Å²) in [4.78, 5) is 24.3. The molecule has 2 aliphatic rings. The highest BCUT2D eigenvalue weighted by molar-refractivity contribution is 5.99. The summed E-state index contributed by atoms with van der Waals surface area (Å²) in [5.74, 6) is 1.44. The van der Waals surface area contributed by atoms with Crippen molar-refractivity contribution in [2.45, 2.75) is 26.3 Å². The molecular formula is C24H32N4O2. The normalized spacial score (nSPS) is 18.1. The predicted molar refractivity (Wildman–Crippen MR) is 119 cm³/mol. The standard InChI is InChI=1S/C24H32N4O2/c1-19(2)21-7-5-20(6-8-21)18-26-10-12-28(13-11-26)24(29)22-4-3-9-25-23(22)27-14-16-30-17-15-27/h3-9,19H,10-18H2,1-2H3. The Hall–Kier alpha value is -2.44. The minimum absolute atomic E-state index is 0.0885. The largest absolute Gasteiger partial charge is 0.378 e. The van der Waals surface area contributed by atoms with Crippen LogP contribution in [0.15, 0.2) is 42.6 Å². The number of hydrogen-bond acceptors (Lipinski definition) is 5. The highest BCUT2D eigenvalue weighted by Crippen LogP contribution is 2.21. The van der Waals surface area contributed by atoms with E-state index in [-0.39, 0.29) is 5.91 Å². The van der Waals surface area contributed by atoms with Gasteiger partial charge < -0.3 is 14.5 Å². The Morgan fingerprint density at radius 1 is 1.00 bits per heavy atom. The number of ether oxygens (including phenoxy) is 1. The van der Waals surface area contributed by atoms with Crippen LogP contribution in [0.25, 0.3) is 0 Å². The van der Waals surface area contributed by atoms with Gasteiger partial charge in [-0.05, 0) is 29.2 Å². The molecule has 1 aromatic carbocycles. The Balaban J connectivity index is 1.36. The maximum atomic E-state index is 13.2. The van der Waals surface area contributed by atoms with Crippen LogP contribution in [-0.2, 0) is 11.3 Å². The third kappa shape index (κ3) is 4.82. The summed E-state index contributed by atoms with van der Waals surface area (Å²) in [6.45, 7) is 11.6. The fourth-order valence-electron chi connectivity index (χ4n) is 4.14. The van der Waals surface area contributed by atoms with E-state index in [9.17, 15) is 4.79 Å². The minimum atomic E-state index is 0.0885. The molecule has 1 aromatic heterocycles. The van der Waals surface area contributed by atoms with Crippen molar-refractivity contribution in [2.24, 2.45) is 0 Å². The van der Waals surface area contributed by atoms with Crippen molar-refractivity contribution in [1.82, 2.24) is 14.8 Å². The van der Waals surface area contributed by atoms with Crippen LogP contribution in [0, 0.1) is 0 Å². The van der Waals surface area contributed by atoms with Crippen LogP contribution in [-0.4, -0.2) is 73.2 Å². The molecule has 0 N–H and O–H groups in total. The van der Waals surface area contributed by atoms with E-state index in [4.69, 9.17) is 4.74 Å². The maximum Gasteiger partial charge on any atom is 0.257 e. The molecule has 2 saturated heterocycles. The number of rotatable bonds is 5. The summed E-state index contributed by atoms with van der Waals surface area (Å²) in [5.41, 5.74) is 3.42. The van der Waals surface area contributed by atoms with Crippen LogP contribution in [0.4, 0.5) is 5.82 Å². The molecule has 1 amide bonds. The highest BCUT2D eigenvalue weighted by Gasteiger charge is 2.26. The smallest absolute Gasteiger partial charge is 0.257 e. The Kier molecular flexibility index (Phi) is 6.65. The van der Waals surface area contributed by atoms with E-state index in [1.807, 2.05) is 17.0 Å². The van der Waals surface area contributed by atoms with E-state index in [0.29, 0.717) is 24.7 Å². The van der Waals surface area contributed by atoms with Gasteiger partial charge in [-0.1, -0.05) is 38.1 Å². The first-order valence-corrected chi connectivity index (χ1v) is 11.0. The van der Waals surface area contributed by atoms with Crippen molar-refractivity contribution in [1.29, 1.82) is 0 Å². The van der Waals surface area contributed by atoms with Gasteiger partial charge in [0.2, 0.25) is 0 Å². The molecule has 0 saturated carbocycles. The summed E-state index contributed by atoms with van der Waals surface area (Å²) in [6, 6.07) is 12.7. The number of carbonyl (C=O) groups excluding carboxylic acids is 1. The molecule has 0 aliphatic carbocycles. The zero-order valence-electron chi connectivity index (χ0n) is 18.1. The summed E-state index contributed by atoms with van der Waals surface area (Å²) < 4.78 is 5.45. The van der Waals surface area contributed by atoms with Crippen LogP contribution in [0.1, 0.15) is 41.3 Å². The van der Waals surface area contributed by atoms with Crippen molar-refractivity contribution in [3.8, 4) is 0 Å². The van der Waals surface area contributed by atoms with Gasteiger partial charge in [0.1, 0.15) is 5.82 Å². The lowest BCUT2D eigenvalue weighted by Gasteiger charge is -2.36. The molecule has 2 fully saturated rings. The number of hydrogen-bond donors (Lipinski definition) is 0. The fourth-order valence-corrected chi connectivity index (χ4v) is 4.14. The van der Waals surface area contributed by atoms with E-state index in [0.717, 1.165) is 51.6 Å². The number of anilines is 1. The SMILES string of the molecule is CC(C)c1ccc(CN2CCN(C(=O)c3cccnc3N3CCOCC3)CC2)cc1. The summed E-state index contributed by atoms with van der Waals surface area (Å²) in [6.07, 6.45) is 1.77. The van der Waals surface area contributed by atoms with Gasteiger partial charge in [-0.25, -0.2) is 4.98 Å². The first-order valence-electron chi connectivity index (χ1n) is 11.0. The van der Waals surface area contributed by atoms with E-state index in [2.05, 4.69) is 52.9 Å². The maximum absolute atomic E-state index is 13.2. The Morgan fingerprint density at radius 2 is 1.70 bits per heavy atom. The van der Waals surface area contributed by atoms with Crippen molar-refractivity contribution in [2.75, 3.05) is 57.4 Å². The number of aromatic nitrogens is 1. The van der Waals surface area contributed by atoms with Gasteiger partial charge in [0, 0.05) is 52.0 Å². The molecule has 6 heteroatoms. The molecule has 2 aliphatic heterocycles. The van der Waals surface area contributed by atoms with Crippen LogP contribution >= 0.6 is 0 Å². The van der Waals surface area contributed by atoms with Crippen LogP contribution in [0.2, 0.25) is 0 Å². The lowest BCUT2D eigenvalue weighted by atomic mass is 10.0. The average Bonchev–Trinajstić information content (AvgIpc) is 2.80. The number of nitrogens with zero attached hydrogens (tertiary/aromatic N) is 4. The molecule has 30 heavy (non-hydrogen) atoms. The molecule has 0 atom stereocenters. The van der Waals surface area contributed by atoms with E-state index in [1.165, 1.54) is 11.1 Å². The summed E-state index contributed by atoms with van der Waals surface area (Å²) in [7, 11) is 0. The molecule has 6 nitrogen and oxygen atoms in total. The second-order valence-electron chi connectivity index (χ2n) is 8.44. The third-order valence-corrected chi connectivity index (χ3v) is 6.04. The molecule has 2 aromatic rings. The van der Waals surface area contributed by atoms with Crippen molar-refractivity contribution >= 4 is 11.7 Å². The minimum Gasteiger partial charge on any atom is -0.378 e. The second kappa shape index (κ2) is 9.58. The summed E-state index contributed by atoms with van der Waals surface area (Å²) >= 11 is 0. The number of pyridine rings is 1. The molecule has 0 bridgehead atoms. The Bertz CT molecular complexity index is 839. The topological polar surface area (TPSA) is 48.9 Å².